The summed E-state index contributed by atoms with van der Waals surface area (Å²) in [5.74, 6) is -0.212. The molecule has 1 N–H and O–H groups in total. The maximum absolute atomic E-state index is 13.7. The molecule has 0 unspecified atom stereocenters. The summed E-state index contributed by atoms with van der Waals surface area (Å²) in [6.45, 7) is 1.88. The lowest BCUT2D eigenvalue weighted by atomic mass is 10.2. The van der Waals surface area contributed by atoms with Crippen LogP contribution in [0.5, 0.6) is 0 Å². The van der Waals surface area contributed by atoms with Crippen molar-refractivity contribution in [1.82, 2.24) is 14.3 Å². The van der Waals surface area contributed by atoms with Gasteiger partial charge in [-0.25, -0.2) is 9.07 Å². The number of hydrogen-bond acceptors (Lipinski definition) is 2. The van der Waals surface area contributed by atoms with Gasteiger partial charge in [-0.1, -0.05) is 23.7 Å². The zero-order valence-corrected chi connectivity index (χ0v) is 15.7. The highest BCUT2D eigenvalue weighted by atomic mass is 35.5. The van der Waals surface area contributed by atoms with Crippen LogP contribution in [0, 0.1) is 12.7 Å². The van der Waals surface area contributed by atoms with Crippen molar-refractivity contribution in [3.8, 4) is 11.5 Å². The first kappa shape index (κ1) is 18.0. The van der Waals surface area contributed by atoms with Gasteiger partial charge in [0, 0.05) is 23.1 Å². The van der Waals surface area contributed by atoms with Crippen LogP contribution in [0.2, 0.25) is 5.02 Å². The van der Waals surface area contributed by atoms with Gasteiger partial charge in [0.2, 0.25) is 0 Å². The lowest BCUT2D eigenvalue weighted by Gasteiger charge is -2.12. The van der Waals surface area contributed by atoms with E-state index in [1.807, 2.05) is 25.1 Å². The molecule has 0 atom stereocenters. The Balaban J connectivity index is 1.79. The van der Waals surface area contributed by atoms with Crippen LogP contribution in [0.15, 0.2) is 73.2 Å². The van der Waals surface area contributed by atoms with Gasteiger partial charge in [-0.05, 0) is 55.0 Å². The molecule has 0 aliphatic heterocycles. The van der Waals surface area contributed by atoms with Crippen LogP contribution in [0.25, 0.3) is 11.5 Å². The van der Waals surface area contributed by atoms with Gasteiger partial charge in [0.1, 0.15) is 11.4 Å². The second-order valence-corrected chi connectivity index (χ2v) is 6.71. The first-order valence-electron chi connectivity index (χ1n) is 8.58. The molecular weight excluding hydrogens is 379 g/mol. The molecule has 2 aromatic carbocycles. The average Bonchev–Trinajstić information content (AvgIpc) is 3.33. The van der Waals surface area contributed by atoms with Crippen LogP contribution >= 0.6 is 11.6 Å². The quantitative estimate of drug-likeness (QED) is 0.528. The van der Waals surface area contributed by atoms with Gasteiger partial charge in [0.15, 0.2) is 5.82 Å². The van der Waals surface area contributed by atoms with Gasteiger partial charge >= 0.3 is 0 Å². The zero-order valence-electron chi connectivity index (χ0n) is 14.9. The highest BCUT2D eigenvalue weighted by molar-refractivity contribution is 6.31. The van der Waals surface area contributed by atoms with Gasteiger partial charge in [-0.3, -0.25) is 4.79 Å². The summed E-state index contributed by atoms with van der Waals surface area (Å²) < 4.78 is 17.0. The van der Waals surface area contributed by atoms with Crippen molar-refractivity contribution in [1.29, 1.82) is 0 Å². The third kappa shape index (κ3) is 3.42. The maximum Gasteiger partial charge on any atom is 0.261 e. The number of nitrogens with zero attached hydrogens (tertiary/aromatic N) is 3. The number of anilines is 1. The Kier molecular flexibility index (Phi) is 4.71. The molecule has 0 bridgehead atoms. The van der Waals surface area contributed by atoms with Crippen molar-refractivity contribution < 1.29 is 9.18 Å². The molecule has 7 heteroatoms. The number of hydrogen-bond donors (Lipinski definition) is 1. The van der Waals surface area contributed by atoms with E-state index in [9.17, 15) is 9.18 Å². The van der Waals surface area contributed by atoms with E-state index in [0.29, 0.717) is 27.8 Å². The third-order valence-electron chi connectivity index (χ3n) is 4.34. The molecule has 0 aliphatic carbocycles. The second kappa shape index (κ2) is 7.32. The molecule has 4 rings (SSSR count). The predicted octanol–water partition coefficient (Wildman–Crippen LogP) is 5.02. The van der Waals surface area contributed by atoms with E-state index in [1.54, 1.807) is 41.2 Å². The number of carbonyl (C=O) groups excluding carboxylic acids is 1. The standard InChI is InChI=1S/C21H16ClFN4O/c1-14-7-8-15(22)11-19(14)25-20(28)18-13-24-27(17-6-4-5-16(23)12-17)21(18)26-9-2-3-10-26/h2-13H,1H3,(H,25,28). The fourth-order valence-electron chi connectivity index (χ4n) is 2.94. The largest absolute Gasteiger partial charge is 0.322 e. The fourth-order valence-corrected chi connectivity index (χ4v) is 3.11. The Morgan fingerprint density at radius 1 is 1.11 bits per heavy atom. The predicted molar refractivity (Wildman–Crippen MR) is 107 cm³/mol. The number of nitrogens with one attached hydrogen (secondary N) is 1. The second-order valence-electron chi connectivity index (χ2n) is 6.28. The molecule has 0 spiro atoms. The molecule has 0 aliphatic rings. The molecule has 1 amide bonds. The molecule has 28 heavy (non-hydrogen) atoms. The van der Waals surface area contributed by atoms with Crippen molar-refractivity contribution in [3.05, 3.63) is 95.2 Å². The van der Waals surface area contributed by atoms with Gasteiger partial charge in [-0.15, -0.1) is 0 Å². The Hall–Kier alpha value is -3.38. The average molecular weight is 395 g/mol. The summed E-state index contributed by atoms with van der Waals surface area (Å²) in [7, 11) is 0. The summed E-state index contributed by atoms with van der Waals surface area (Å²) >= 11 is 6.05. The first-order valence-corrected chi connectivity index (χ1v) is 8.95. The Morgan fingerprint density at radius 3 is 2.64 bits per heavy atom. The summed E-state index contributed by atoms with van der Waals surface area (Å²) in [5, 5.41) is 7.74. The van der Waals surface area contributed by atoms with Gasteiger partial charge in [0.05, 0.1) is 11.9 Å². The number of amides is 1. The Labute approximate surface area is 166 Å². The SMILES string of the molecule is Cc1ccc(Cl)cc1NC(=O)c1cnn(-c2cccc(F)c2)c1-n1cccc1. The number of benzene rings is 2. The maximum atomic E-state index is 13.7. The van der Waals surface area contributed by atoms with Crippen LogP contribution in [0.3, 0.4) is 0 Å². The summed E-state index contributed by atoms with van der Waals surface area (Å²) in [4.78, 5) is 13.0. The van der Waals surface area contributed by atoms with E-state index in [1.165, 1.54) is 23.0 Å². The third-order valence-corrected chi connectivity index (χ3v) is 4.57. The number of carbonyl (C=O) groups is 1. The van der Waals surface area contributed by atoms with Crippen molar-refractivity contribution in [2.45, 2.75) is 6.92 Å². The van der Waals surface area contributed by atoms with E-state index in [2.05, 4.69) is 10.4 Å². The topological polar surface area (TPSA) is 51.9 Å². The molecule has 0 saturated carbocycles. The van der Waals surface area contributed by atoms with Crippen LogP contribution in [0.4, 0.5) is 10.1 Å². The number of aryl methyl sites for hydroxylation is 1. The smallest absolute Gasteiger partial charge is 0.261 e. The van der Waals surface area contributed by atoms with Crippen LogP contribution < -0.4 is 5.32 Å². The molecule has 5 nitrogen and oxygen atoms in total. The number of halogens is 2. The van der Waals surface area contributed by atoms with Crippen LogP contribution in [-0.2, 0) is 0 Å². The van der Waals surface area contributed by atoms with Gasteiger partial charge < -0.3 is 9.88 Å². The summed E-state index contributed by atoms with van der Waals surface area (Å²) in [6.07, 6.45) is 5.07. The Morgan fingerprint density at radius 2 is 1.89 bits per heavy atom. The summed E-state index contributed by atoms with van der Waals surface area (Å²) in [6, 6.07) is 15.0. The molecule has 2 aromatic heterocycles. The monoisotopic (exact) mass is 394 g/mol. The lowest BCUT2D eigenvalue weighted by molar-refractivity contribution is 0.102. The minimum Gasteiger partial charge on any atom is -0.322 e. The molecule has 0 radical (unpaired) electrons. The molecule has 2 heterocycles. The fraction of sp³-hybridized carbons (Fsp3) is 0.0476. The van der Waals surface area contributed by atoms with Crippen LogP contribution in [0.1, 0.15) is 15.9 Å². The normalized spacial score (nSPS) is 10.8. The first-order chi connectivity index (χ1) is 13.5. The van der Waals surface area contributed by atoms with E-state index in [0.717, 1.165) is 5.56 Å². The van der Waals surface area contributed by atoms with E-state index in [4.69, 9.17) is 11.6 Å². The lowest BCUT2D eigenvalue weighted by Crippen LogP contribution is -2.16. The van der Waals surface area contributed by atoms with Crippen molar-refractivity contribution in [2.75, 3.05) is 5.32 Å². The van der Waals surface area contributed by atoms with Crippen molar-refractivity contribution in [2.24, 2.45) is 0 Å². The van der Waals surface area contributed by atoms with E-state index < -0.39 is 0 Å². The van der Waals surface area contributed by atoms with Gasteiger partial charge in [0.25, 0.3) is 5.91 Å². The van der Waals surface area contributed by atoms with Gasteiger partial charge in [-0.2, -0.15) is 5.10 Å². The molecule has 4 aromatic rings. The molecule has 0 fully saturated rings. The van der Waals surface area contributed by atoms with Crippen LogP contribution in [-0.4, -0.2) is 20.3 Å². The Bertz CT molecular complexity index is 1150. The minimum absolute atomic E-state index is 0.336. The highest BCUT2D eigenvalue weighted by Crippen LogP contribution is 2.24. The van der Waals surface area contributed by atoms with Crippen molar-refractivity contribution in [3.63, 3.8) is 0 Å². The van der Waals surface area contributed by atoms with E-state index >= 15 is 0 Å². The minimum atomic E-state index is -0.382. The molecule has 140 valence electrons. The molecule has 0 saturated heterocycles. The highest BCUT2D eigenvalue weighted by Gasteiger charge is 2.20. The molecular formula is C21H16ClFN4O. The van der Waals surface area contributed by atoms with Crippen molar-refractivity contribution >= 4 is 23.2 Å². The zero-order chi connectivity index (χ0) is 19.7. The number of rotatable bonds is 4. The van der Waals surface area contributed by atoms with E-state index in [-0.39, 0.29) is 11.7 Å². The summed E-state index contributed by atoms with van der Waals surface area (Å²) in [5.41, 5.74) is 2.37. The number of aromatic nitrogens is 3.